The van der Waals surface area contributed by atoms with Crippen LogP contribution in [0, 0.1) is 0 Å². The van der Waals surface area contributed by atoms with Crippen LogP contribution < -0.4 is 0 Å². The van der Waals surface area contributed by atoms with Gasteiger partial charge in [-0.3, -0.25) is 0 Å². The summed E-state index contributed by atoms with van der Waals surface area (Å²) in [6.45, 7) is 3.74. The van der Waals surface area contributed by atoms with E-state index < -0.39 is 5.92 Å². The summed E-state index contributed by atoms with van der Waals surface area (Å²) in [5.74, 6) is -2.58. The molecule has 0 unspecified atom stereocenters. The Labute approximate surface area is 67.3 Å². The van der Waals surface area contributed by atoms with Gasteiger partial charge in [0.15, 0.2) is 0 Å². The number of halogens is 2. The van der Waals surface area contributed by atoms with E-state index in [1.54, 1.807) is 13.0 Å². The van der Waals surface area contributed by atoms with Gasteiger partial charge in [-0.25, -0.2) is 8.78 Å². The van der Waals surface area contributed by atoms with Crippen LogP contribution in [-0.4, -0.2) is 5.92 Å². The SMILES string of the molecule is CCC/C=C/C(F)(F)CCC. The number of alkyl halides is 2. The fourth-order valence-corrected chi connectivity index (χ4v) is 0.839. The Balaban J connectivity index is 3.69. The summed E-state index contributed by atoms with van der Waals surface area (Å²) in [5.41, 5.74) is 0. The highest BCUT2D eigenvalue weighted by Crippen LogP contribution is 2.21. The summed E-state index contributed by atoms with van der Waals surface area (Å²) < 4.78 is 25.3. The summed E-state index contributed by atoms with van der Waals surface area (Å²) in [7, 11) is 0. The molecular formula is C9H16F2. The highest BCUT2D eigenvalue weighted by atomic mass is 19.3. The Hall–Kier alpha value is -0.400. The molecule has 0 aromatic heterocycles. The Morgan fingerprint density at radius 2 is 1.82 bits per heavy atom. The molecule has 0 spiro atoms. The molecule has 0 saturated heterocycles. The van der Waals surface area contributed by atoms with Gasteiger partial charge in [-0.05, 0) is 12.5 Å². The molecule has 0 amide bonds. The maximum atomic E-state index is 12.7. The monoisotopic (exact) mass is 162 g/mol. The number of hydrogen-bond donors (Lipinski definition) is 0. The zero-order valence-electron chi connectivity index (χ0n) is 7.24. The summed E-state index contributed by atoms with van der Waals surface area (Å²) >= 11 is 0. The van der Waals surface area contributed by atoms with Gasteiger partial charge in [0.1, 0.15) is 0 Å². The molecule has 66 valence electrons. The standard InChI is InChI=1S/C9H16F2/c1-3-5-6-8-9(10,11)7-4-2/h6,8H,3-5,7H2,1-2H3/b8-6+. The van der Waals surface area contributed by atoms with Gasteiger partial charge in [0.2, 0.25) is 0 Å². The molecule has 2 heteroatoms. The molecule has 0 aliphatic heterocycles. The minimum Gasteiger partial charge on any atom is -0.202 e. The predicted octanol–water partition coefficient (Wildman–Crippen LogP) is 3.78. The second-order valence-electron chi connectivity index (χ2n) is 2.70. The maximum absolute atomic E-state index is 12.7. The first kappa shape index (κ1) is 10.6. The van der Waals surface area contributed by atoms with Crippen LogP contribution in [0.15, 0.2) is 12.2 Å². The summed E-state index contributed by atoms with van der Waals surface area (Å²) in [5, 5.41) is 0. The molecule has 0 heterocycles. The molecule has 0 N–H and O–H groups in total. The van der Waals surface area contributed by atoms with Crippen LogP contribution in [0.2, 0.25) is 0 Å². The van der Waals surface area contributed by atoms with E-state index in [1.165, 1.54) is 0 Å². The topological polar surface area (TPSA) is 0 Å². The molecule has 0 rings (SSSR count). The van der Waals surface area contributed by atoms with Gasteiger partial charge < -0.3 is 0 Å². The Bertz CT molecular complexity index is 117. The lowest BCUT2D eigenvalue weighted by atomic mass is 10.1. The third kappa shape index (κ3) is 6.02. The van der Waals surface area contributed by atoms with Crippen LogP contribution >= 0.6 is 0 Å². The largest absolute Gasteiger partial charge is 0.266 e. The van der Waals surface area contributed by atoms with Crippen molar-refractivity contribution < 1.29 is 8.78 Å². The Morgan fingerprint density at radius 3 is 2.27 bits per heavy atom. The van der Waals surface area contributed by atoms with Crippen molar-refractivity contribution in [1.82, 2.24) is 0 Å². The lowest BCUT2D eigenvalue weighted by Crippen LogP contribution is -2.10. The average Bonchev–Trinajstić information content (AvgIpc) is 1.87. The second-order valence-corrected chi connectivity index (χ2v) is 2.70. The average molecular weight is 162 g/mol. The van der Waals surface area contributed by atoms with Crippen LogP contribution in [-0.2, 0) is 0 Å². The first-order chi connectivity index (χ1) is 5.12. The van der Waals surface area contributed by atoms with Crippen molar-refractivity contribution >= 4 is 0 Å². The van der Waals surface area contributed by atoms with Crippen LogP contribution in [0.5, 0.6) is 0 Å². The fraction of sp³-hybridized carbons (Fsp3) is 0.778. The molecule has 0 atom stereocenters. The van der Waals surface area contributed by atoms with Gasteiger partial charge in [0.25, 0.3) is 5.92 Å². The van der Waals surface area contributed by atoms with Crippen LogP contribution in [0.3, 0.4) is 0 Å². The van der Waals surface area contributed by atoms with E-state index in [2.05, 4.69) is 0 Å². The van der Waals surface area contributed by atoms with Gasteiger partial charge in [-0.15, -0.1) is 0 Å². The van der Waals surface area contributed by atoms with Gasteiger partial charge in [-0.2, -0.15) is 0 Å². The molecule has 11 heavy (non-hydrogen) atoms. The van der Waals surface area contributed by atoms with Crippen molar-refractivity contribution in [2.24, 2.45) is 0 Å². The Kier molecular flexibility index (Phi) is 5.08. The molecule has 0 aromatic rings. The van der Waals surface area contributed by atoms with E-state index >= 15 is 0 Å². The van der Waals surface area contributed by atoms with E-state index in [0.29, 0.717) is 6.42 Å². The fourth-order valence-electron chi connectivity index (χ4n) is 0.839. The summed E-state index contributed by atoms with van der Waals surface area (Å²) in [6.07, 6.45) is 4.77. The lowest BCUT2D eigenvalue weighted by molar-refractivity contribution is 0.0446. The van der Waals surface area contributed by atoms with Gasteiger partial charge >= 0.3 is 0 Å². The first-order valence-electron chi connectivity index (χ1n) is 4.18. The van der Waals surface area contributed by atoms with Crippen molar-refractivity contribution in [2.45, 2.75) is 45.5 Å². The van der Waals surface area contributed by atoms with Crippen molar-refractivity contribution in [1.29, 1.82) is 0 Å². The molecular weight excluding hydrogens is 146 g/mol. The van der Waals surface area contributed by atoms with Gasteiger partial charge in [-0.1, -0.05) is 32.8 Å². The zero-order chi connectivity index (χ0) is 8.74. The normalized spacial score (nSPS) is 12.7. The minimum atomic E-state index is -2.58. The first-order valence-corrected chi connectivity index (χ1v) is 4.18. The van der Waals surface area contributed by atoms with E-state index in [9.17, 15) is 8.78 Å². The molecule has 0 nitrogen and oxygen atoms in total. The maximum Gasteiger partial charge on any atom is 0.266 e. The number of allylic oxidation sites excluding steroid dienone is 2. The minimum absolute atomic E-state index is 0.0345. The van der Waals surface area contributed by atoms with Crippen molar-refractivity contribution in [3.63, 3.8) is 0 Å². The molecule has 0 fully saturated rings. The van der Waals surface area contributed by atoms with Crippen LogP contribution in [0.25, 0.3) is 0 Å². The molecule has 0 saturated carbocycles. The van der Waals surface area contributed by atoms with Crippen molar-refractivity contribution in [3.05, 3.63) is 12.2 Å². The third-order valence-electron chi connectivity index (χ3n) is 1.40. The lowest BCUT2D eigenvalue weighted by Gasteiger charge is -2.08. The van der Waals surface area contributed by atoms with E-state index in [1.807, 2.05) is 6.92 Å². The van der Waals surface area contributed by atoms with E-state index in [0.717, 1.165) is 18.9 Å². The van der Waals surface area contributed by atoms with Crippen molar-refractivity contribution in [3.8, 4) is 0 Å². The smallest absolute Gasteiger partial charge is 0.202 e. The molecule has 0 bridgehead atoms. The zero-order valence-corrected chi connectivity index (χ0v) is 7.24. The number of hydrogen-bond acceptors (Lipinski definition) is 0. The summed E-state index contributed by atoms with van der Waals surface area (Å²) in [4.78, 5) is 0. The van der Waals surface area contributed by atoms with Gasteiger partial charge in [0, 0.05) is 6.42 Å². The molecule has 0 aliphatic rings. The molecule has 0 radical (unpaired) electrons. The predicted molar refractivity (Wildman–Crippen MR) is 43.9 cm³/mol. The van der Waals surface area contributed by atoms with Crippen molar-refractivity contribution in [2.75, 3.05) is 0 Å². The second kappa shape index (κ2) is 5.28. The van der Waals surface area contributed by atoms with Crippen LogP contribution in [0.1, 0.15) is 39.5 Å². The molecule has 0 aromatic carbocycles. The Morgan fingerprint density at radius 1 is 1.18 bits per heavy atom. The van der Waals surface area contributed by atoms with E-state index in [4.69, 9.17) is 0 Å². The number of unbranched alkanes of at least 4 members (excludes halogenated alkanes) is 1. The molecule has 0 aliphatic carbocycles. The van der Waals surface area contributed by atoms with Gasteiger partial charge in [0.05, 0.1) is 0 Å². The van der Waals surface area contributed by atoms with E-state index in [-0.39, 0.29) is 6.42 Å². The summed E-state index contributed by atoms with van der Waals surface area (Å²) in [6, 6.07) is 0. The quantitative estimate of drug-likeness (QED) is 0.540. The third-order valence-corrected chi connectivity index (χ3v) is 1.40. The van der Waals surface area contributed by atoms with Crippen LogP contribution in [0.4, 0.5) is 8.78 Å². The highest BCUT2D eigenvalue weighted by molar-refractivity contribution is 4.94. The number of rotatable bonds is 5. The highest BCUT2D eigenvalue weighted by Gasteiger charge is 2.22.